The van der Waals surface area contributed by atoms with Crippen LogP contribution in [0.2, 0.25) is 0 Å². The molecule has 0 amide bonds. The average molecular weight is 605 g/mol. The molecule has 1 atom stereocenters. The largest absolute Gasteiger partial charge is 0.504 e. The molecule has 1 saturated heterocycles. The highest BCUT2D eigenvalue weighted by atomic mass is 35.5. The summed E-state index contributed by atoms with van der Waals surface area (Å²) in [4.78, 5) is 7.73. The molecule has 0 aromatic heterocycles. The van der Waals surface area contributed by atoms with Gasteiger partial charge in [0.05, 0.1) is 12.8 Å². The van der Waals surface area contributed by atoms with E-state index < -0.39 is 0 Å². The van der Waals surface area contributed by atoms with Crippen molar-refractivity contribution in [2.45, 2.75) is 64.3 Å². The van der Waals surface area contributed by atoms with Gasteiger partial charge in [-0.05, 0) is 81.9 Å². The van der Waals surface area contributed by atoms with Crippen molar-refractivity contribution < 1.29 is 14.9 Å². The van der Waals surface area contributed by atoms with E-state index in [-0.39, 0.29) is 48.7 Å². The quantitative estimate of drug-likeness (QED) is 0.218. The third-order valence-corrected chi connectivity index (χ3v) is 8.04. The van der Waals surface area contributed by atoms with Gasteiger partial charge in [-0.2, -0.15) is 0 Å². The highest BCUT2D eigenvalue weighted by Crippen LogP contribution is 2.37. The molecule has 2 N–H and O–H groups in total. The van der Waals surface area contributed by atoms with Crippen LogP contribution in [0.4, 0.5) is 5.69 Å². The number of phenolic OH excluding ortho intramolecular Hbond substituents is 2. The second kappa shape index (κ2) is 18.0. The first-order valence-electron chi connectivity index (χ1n) is 14.0. The van der Waals surface area contributed by atoms with E-state index in [1.165, 1.54) is 49.9 Å². The molecule has 39 heavy (non-hydrogen) atoms. The van der Waals surface area contributed by atoms with Crippen molar-refractivity contribution in [3.63, 3.8) is 0 Å². The van der Waals surface area contributed by atoms with Gasteiger partial charge in [0, 0.05) is 37.8 Å². The summed E-state index contributed by atoms with van der Waals surface area (Å²) in [5.74, 6) is 1.07. The fourth-order valence-corrected chi connectivity index (χ4v) is 5.99. The Balaban J connectivity index is 0.00000253. The highest BCUT2D eigenvalue weighted by molar-refractivity contribution is 5.86. The molecule has 0 radical (unpaired) electrons. The first-order chi connectivity index (χ1) is 17.6. The van der Waals surface area contributed by atoms with Crippen LogP contribution in [-0.4, -0.2) is 79.0 Å². The van der Waals surface area contributed by atoms with Crippen LogP contribution in [0, 0.1) is 0 Å². The lowest BCUT2D eigenvalue weighted by molar-refractivity contribution is 0.174. The van der Waals surface area contributed by atoms with Gasteiger partial charge < -0.3 is 24.7 Å². The first-order valence-corrected chi connectivity index (χ1v) is 14.0. The van der Waals surface area contributed by atoms with Crippen LogP contribution >= 0.6 is 37.2 Å². The van der Waals surface area contributed by atoms with Crippen molar-refractivity contribution in [1.82, 2.24) is 9.80 Å². The van der Waals surface area contributed by atoms with Gasteiger partial charge in [-0.1, -0.05) is 38.0 Å². The third kappa shape index (κ3) is 9.50. The van der Waals surface area contributed by atoms with Crippen molar-refractivity contribution in [2.24, 2.45) is 0 Å². The van der Waals surface area contributed by atoms with Crippen molar-refractivity contribution in [3.8, 4) is 17.2 Å². The van der Waals surface area contributed by atoms with Crippen molar-refractivity contribution in [2.75, 3.05) is 57.8 Å². The molecule has 6 nitrogen and oxygen atoms in total. The van der Waals surface area contributed by atoms with Crippen LogP contribution in [-0.2, 0) is 12.8 Å². The van der Waals surface area contributed by atoms with E-state index in [1.807, 2.05) is 18.2 Å². The number of aromatic hydroxyl groups is 2. The number of piperazine rings is 1. The second-order valence-electron chi connectivity index (χ2n) is 10.4. The number of para-hydroxylation sites is 2. The number of hydrogen-bond donors (Lipinski definition) is 2. The zero-order valence-corrected chi connectivity index (χ0v) is 26.0. The van der Waals surface area contributed by atoms with E-state index in [0.29, 0.717) is 6.04 Å². The van der Waals surface area contributed by atoms with Gasteiger partial charge in [0.15, 0.2) is 11.5 Å². The Morgan fingerprint density at radius 3 is 2.33 bits per heavy atom. The Morgan fingerprint density at radius 2 is 1.62 bits per heavy atom. The Bertz CT molecular complexity index is 974. The molecule has 1 fully saturated rings. The number of benzene rings is 2. The van der Waals surface area contributed by atoms with E-state index >= 15 is 0 Å². The molecular weight excluding hydrogens is 557 g/mol. The van der Waals surface area contributed by atoms with E-state index in [9.17, 15) is 10.2 Å². The van der Waals surface area contributed by atoms with Gasteiger partial charge in [-0.25, -0.2) is 0 Å². The Kier molecular flexibility index (Phi) is 16.3. The van der Waals surface area contributed by atoms with Crippen LogP contribution in [0.25, 0.3) is 0 Å². The molecule has 2 aromatic rings. The molecule has 0 bridgehead atoms. The van der Waals surface area contributed by atoms with Crippen LogP contribution in [0.1, 0.15) is 56.6 Å². The molecule has 1 aliphatic heterocycles. The Labute approximate surface area is 253 Å². The zero-order valence-electron chi connectivity index (χ0n) is 23.5. The normalized spacial score (nSPS) is 17.0. The molecular formula is C30H48Cl3N3O3. The lowest BCUT2D eigenvalue weighted by atomic mass is 9.86. The van der Waals surface area contributed by atoms with Gasteiger partial charge in [0.2, 0.25) is 0 Å². The fraction of sp³-hybridized carbons (Fsp3) is 0.600. The lowest BCUT2D eigenvalue weighted by Crippen LogP contribution is -2.46. The molecule has 0 saturated carbocycles. The molecule has 2 aliphatic rings. The number of halogens is 3. The molecule has 222 valence electrons. The summed E-state index contributed by atoms with van der Waals surface area (Å²) in [5.41, 5.74) is 3.37. The maximum Gasteiger partial charge on any atom is 0.160 e. The van der Waals surface area contributed by atoms with Crippen LogP contribution in [0.3, 0.4) is 0 Å². The predicted octanol–water partition coefficient (Wildman–Crippen LogP) is 6.32. The lowest BCUT2D eigenvalue weighted by Gasteiger charge is -2.36. The van der Waals surface area contributed by atoms with Crippen molar-refractivity contribution in [1.29, 1.82) is 0 Å². The Hall–Kier alpha value is -1.57. The molecule has 1 aliphatic carbocycles. The monoisotopic (exact) mass is 603 g/mol. The summed E-state index contributed by atoms with van der Waals surface area (Å²) in [6.07, 6.45) is 9.19. The maximum atomic E-state index is 10.2. The summed E-state index contributed by atoms with van der Waals surface area (Å²) in [6.45, 7) is 10.1. The summed E-state index contributed by atoms with van der Waals surface area (Å²) in [5, 5.41) is 20.0. The zero-order chi connectivity index (χ0) is 25.3. The minimum Gasteiger partial charge on any atom is -0.504 e. The number of ether oxygens (including phenoxy) is 1. The molecule has 1 heterocycles. The van der Waals surface area contributed by atoms with Gasteiger partial charge in [0.25, 0.3) is 0 Å². The summed E-state index contributed by atoms with van der Waals surface area (Å²) >= 11 is 0. The van der Waals surface area contributed by atoms with Gasteiger partial charge in [-0.15, -0.1) is 37.2 Å². The maximum absolute atomic E-state index is 10.2. The van der Waals surface area contributed by atoms with E-state index in [0.717, 1.165) is 69.8 Å². The molecule has 4 rings (SSSR count). The predicted molar refractivity (Wildman–Crippen MR) is 169 cm³/mol. The second-order valence-corrected chi connectivity index (χ2v) is 10.4. The van der Waals surface area contributed by atoms with E-state index in [1.54, 1.807) is 13.2 Å². The van der Waals surface area contributed by atoms with Crippen LogP contribution in [0.15, 0.2) is 36.4 Å². The number of methoxy groups -OCH3 is 1. The SMILES string of the molecule is CCCN(CCCCCCN1CCN(c2ccccc2OC)CC1)C1CCc2c(ccc(O)c2O)C1.Cl.Cl.Cl. The van der Waals surface area contributed by atoms with Gasteiger partial charge >= 0.3 is 0 Å². The summed E-state index contributed by atoms with van der Waals surface area (Å²) in [7, 11) is 1.75. The van der Waals surface area contributed by atoms with E-state index in [4.69, 9.17) is 4.74 Å². The topological polar surface area (TPSA) is 59.4 Å². The number of fused-ring (bicyclic) bond motifs is 1. The number of nitrogens with zero attached hydrogens (tertiary/aromatic N) is 3. The van der Waals surface area contributed by atoms with Crippen LogP contribution in [0.5, 0.6) is 17.2 Å². The standard InChI is InChI=1S/C30H45N3O3.3ClH/c1-3-16-32(25-13-14-26-24(23-25)12-15-28(34)30(26)35)18-9-5-4-8-17-31-19-21-33(22-20-31)27-10-6-7-11-29(27)36-2;;;/h6-7,10-12,15,25,34-35H,3-5,8-9,13-14,16-23H2,1-2H3;3*1H. The number of hydrogen-bond acceptors (Lipinski definition) is 6. The van der Waals surface area contributed by atoms with Crippen molar-refractivity contribution in [3.05, 3.63) is 47.5 Å². The third-order valence-electron chi connectivity index (χ3n) is 8.04. The Morgan fingerprint density at radius 1 is 0.897 bits per heavy atom. The molecule has 2 aromatic carbocycles. The number of anilines is 1. The first kappa shape index (κ1) is 35.5. The minimum absolute atomic E-state index is 0. The van der Waals surface area contributed by atoms with Crippen LogP contribution < -0.4 is 9.64 Å². The average Bonchev–Trinajstić information content (AvgIpc) is 2.92. The van der Waals surface area contributed by atoms with Crippen molar-refractivity contribution >= 4 is 42.9 Å². The summed E-state index contributed by atoms with van der Waals surface area (Å²) in [6, 6.07) is 12.5. The summed E-state index contributed by atoms with van der Waals surface area (Å²) < 4.78 is 5.55. The number of phenols is 2. The van der Waals surface area contributed by atoms with Gasteiger partial charge in [-0.3, -0.25) is 4.90 Å². The van der Waals surface area contributed by atoms with Gasteiger partial charge in [0.1, 0.15) is 5.75 Å². The molecule has 1 unspecified atom stereocenters. The highest BCUT2D eigenvalue weighted by Gasteiger charge is 2.26. The minimum atomic E-state index is 0. The number of unbranched alkanes of at least 4 members (excludes halogenated alkanes) is 3. The van der Waals surface area contributed by atoms with E-state index in [2.05, 4.69) is 33.8 Å². The number of rotatable bonds is 12. The smallest absolute Gasteiger partial charge is 0.160 e. The fourth-order valence-electron chi connectivity index (χ4n) is 5.99. The molecule has 0 spiro atoms. The molecule has 9 heteroatoms.